The molecule has 7 atom stereocenters. The number of phenolic OH excluding ortho intramolecular Hbond substituents is 1. The Morgan fingerprint density at radius 3 is 1.73 bits per heavy atom. The molecule has 0 spiro atoms. The average Bonchev–Trinajstić information content (AvgIpc) is 4.06. The summed E-state index contributed by atoms with van der Waals surface area (Å²) in [5, 5.41) is 34.8. The topological polar surface area (TPSA) is 365 Å². The summed E-state index contributed by atoms with van der Waals surface area (Å²) in [5.41, 5.74) is 12.8. The number of rotatable bonds is 32. The van der Waals surface area contributed by atoms with Gasteiger partial charge in [0.25, 0.3) is 0 Å². The van der Waals surface area contributed by atoms with Crippen LogP contribution in [0.3, 0.4) is 0 Å². The number of hydrogen-bond acceptors (Lipinski definition) is 14. The Balaban J connectivity index is 1.61. The predicted molar refractivity (Wildman–Crippen MR) is 301 cm³/mol. The Morgan fingerprint density at radius 1 is 0.622 bits per heavy atom. The summed E-state index contributed by atoms with van der Waals surface area (Å²) >= 11 is 0. The molecule has 1 aliphatic heterocycles. The van der Waals surface area contributed by atoms with Gasteiger partial charge in [0, 0.05) is 59.9 Å². The highest BCUT2D eigenvalue weighted by Crippen LogP contribution is 2.23. The van der Waals surface area contributed by atoms with Crippen LogP contribution in [0.1, 0.15) is 75.5 Å². The molecule has 82 heavy (non-hydrogen) atoms. The summed E-state index contributed by atoms with van der Waals surface area (Å²) in [6.45, 7) is 0.867. The minimum Gasteiger partial charge on any atom is -0.508 e. The molecule has 1 aliphatic rings. The van der Waals surface area contributed by atoms with Crippen molar-refractivity contribution in [1.29, 1.82) is 0 Å². The largest absolute Gasteiger partial charge is 0.508 e. The molecule has 0 aliphatic carbocycles. The van der Waals surface area contributed by atoms with E-state index in [9.17, 15) is 58.2 Å². The monoisotopic (exact) mass is 1140 g/mol. The molecule has 25 heteroatoms. The third-order valence-electron chi connectivity index (χ3n) is 14.0. The minimum atomic E-state index is -1.38. The number of nitrogens with zero attached hydrogens (tertiary/aromatic N) is 4. The van der Waals surface area contributed by atoms with Gasteiger partial charge < -0.3 is 73.2 Å². The van der Waals surface area contributed by atoms with Crippen molar-refractivity contribution in [3.8, 4) is 5.75 Å². The molecule has 1 heterocycles. The van der Waals surface area contributed by atoms with Crippen molar-refractivity contribution in [2.45, 2.75) is 120 Å². The lowest BCUT2D eigenvalue weighted by Crippen LogP contribution is -2.60. The van der Waals surface area contributed by atoms with Crippen LogP contribution in [0.25, 0.3) is 0 Å². The van der Waals surface area contributed by atoms with Gasteiger partial charge in [-0.2, -0.15) is 0 Å². The number of carbonyl (C=O) groups is 11. The molecule has 25 nitrogen and oxygen atoms in total. The van der Waals surface area contributed by atoms with Gasteiger partial charge in [-0.05, 0) is 48.1 Å². The summed E-state index contributed by atoms with van der Waals surface area (Å²) in [7, 11) is 4.16. The molecule has 4 rings (SSSR count). The molecule has 446 valence electrons. The number of benzene rings is 3. The van der Waals surface area contributed by atoms with E-state index in [0.29, 0.717) is 36.0 Å². The first-order valence-corrected chi connectivity index (χ1v) is 27.4. The molecule has 1 saturated heterocycles. The van der Waals surface area contributed by atoms with E-state index in [1.165, 1.54) is 48.0 Å². The molecule has 3 aromatic rings. The number of unbranched alkanes of at least 4 members (excludes halogenated alkanes) is 2. The van der Waals surface area contributed by atoms with Crippen LogP contribution in [0.15, 0.2) is 84.9 Å². The van der Waals surface area contributed by atoms with Crippen molar-refractivity contribution >= 4 is 65.0 Å². The molecule has 0 bridgehead atoms. The van der Waals surface area contributed by atoms with Gasteiger partial charge in [-0.25, -0.2) is 0 Å². The van der Waals surface area contributed by atoms with Gasteiger partial charge in [0.15, 0.2) is 0 Å². The second kappa shape index (κ2) is 33.3. The SMILES string of the molecule is CCCCC[C@H](NC(=O)CNC(=O)[C@H](CO)NC(=O)CC)C(=O)N(C)[C@@H](Cc1ccccc1)C(=O)N(C)CC(=O)N[C@@H](Cc1ccc(O)cc1)C(=O)N(C)[C@@H](Cc1ccccc1)C(=O)N1CCC[C@H]1C(=O)N[C@@H](CN)C(=O)NCC(N)=O. The standard InChI is InChI=1S/C57H80N12O13/c1-6-8-11-21-40(62-49(74)33-61-52(77)43(35-70)64-48(73)7-2)54(79)67(4)45(29-36-17-12-9-13-18-36)56(81)66(3)34-50(75)63-41(28-38-23-25-39(71)26-24-38)55(80)68(5)46(30-37-19-14-10-15-20-37)57(82)69-27-16-22-44(69)53(78)65-42(31-58)51(76)60-32-47(59)72/h9-10,12-15,17-20,23-26,40-46,70-71H,6-8,11,16,21-22,27-35,58H2,1-5H3,(H2,59,72)(H,60,76)(H,61,77)(H,62,74)(H,63,75)(H,64,73)(H,65,78)/t40-,41-,42-,43-,44-,45-,46-/m0/s1. The Hall–Kier alpha value is -8.45. The summed E-state index contributed by atoms with van der Waals surface area (Å²) in [6.07, 6.45) is 2.63. The number of hydrogen-bond donors (Lipinski definition) is 10. The summed E-state index contributed by atoms with van der Waals surface area (Å²) < 4.78 is 0. The zero-order valence-corrected chi connectivity index (χ0v) is 47.3. The van der Waals surface area contributed by atoms with E-state index in [-0.39, 0.29) is 57.4 Å². The fourth-order valence-corrected chi connectivity index (χ4v) is 9.28. The molecule has 0 saturated carbocycles. The Kier molecular flexibility index (Phi) is 26.9. The maximum absolute atomic E-state index is 15.0. The lowest BCUT2D eigenvalue weighted by molar-refractivity contribution is -0.149. The number of nitrogens with two attached hydrogens (primary N) is 2. The van der Waals surface area contributed by atoms with Crippen molar-refractivity contribution in [2.24, 2.45) is 11.5 Å². The Bertz CT molecular complexity index is 2660. The maximum atomic E-state index is 15.0. The van der Waals surface area contributed by atoms with Crippen molar-refractivity contribution < 1.29 is 63.0 Å². The number of aliphatic hydroxyl groups is 1. The average molecular weight is 1140 g/mol. The van der Waals surface area contributed by atoms with Crippen LogP contribution < -0.4 is 43.4 Å². The van der Waals surface area contributed by atoms with E-state index in [0.717, 1.165) is 11.3 Å². The Morgan fingerprint density at radius 2 is 1.16 bits per heavy atom. The van der Waals surface area contributed by atoms with E-state index in [1.54, 1.807) is 79.7 Å². The van der Waals surface area contributed by atoms with E-state index in [2.05, 4.69) is 31.9 Å². The van der Waals surface area contributed by atoms with Crippen LogP contribution >= 0.6 is 0 Å². The Labute approximate surface area is 477 Å². The molecular weight excluding hydrogens is 1060 g/mol. The highest BCUT2D eigenvalue weighted by molar-refractivity contribution is 5.98. The number of aromatic hydroxyl groups is 1. The number of carbonyl (C=O) groups excluding carboxylic acids is 11. The molecular formula is C57H80N12O13. The summed E-state index contributed by atoms with van der Waals surface area (Å²) in [5.74, 6) is -7.82. The quantitative estimate of drug-likeness (QED) is 0.0306. The molecule has 12 N–H and O–H groups in total. The predicted octanol–water partition coefficient (Wildman–Crippen LogP) is -1.88. The first-order valence-electron chi connectivity index (χ1n) is 27.4. The van der Waals surface area contributed by atoms with Crippen LogP contribution in [-0.2, 0) is 72.0 Å². The van der Waals surface area contributed by atoms with Gasteiger partial charge in [0.05, 0.1) is 26.2 Å². The number of primary amides is 1. The van der Waals surface area contributed by atoms with Gasteiger partial charge >= 0.3 is 0 Å². The second-order valence-electron chi connectivity index (χ2n) is 20.2. The van der Waals surface area contributed by atoms with Crippen LogP contribution in [0.2, 0.25) is 0 Å². The first-order chi connectivity index (χ1) is 39.1. The number of aliphatic hydroxyl groups excluding tert-OH is 1. The third kappa shape index (κ3) is 20.3. The zero-order chi connectivity index (χ0) is 60.5. The van der Waals surface area contributed by atoms with Crippen molar-refractivity contribution in [2.75, 3.05) is 60.5 Å². The molecule has 0 aromatic heterocycles. The normalized spacial score (nSPS) is 15.0. The van der Waals surface area contributed by atoms with E-state index in [1.807, 2.05) is 6.92 Å². The molecule has 11 amide bonds. The maximum Gasteiger partial charge on any atom is 0.246 e. The molecule has 0 radical (unpaired) electrons. The van der Waals surface area contributed by atoms with Crippen molar-refractivity contribution in [3.63, 3.8) is 0 Å². The summed E-state index contributed by atoms with van der Waals surface area (Å²) in [4.78, 5) is 154. The van der Waals surface area contributed by atoms with E-state index in [4.69, 9.17) is 11.5 Å². The fraction of sp³-hybridized carbons (Fsp3) is 0.491. The van der Waals surface area contributed by atoms with Crippen LogP contribution in [0, 0.1) is 0 Å². The van der Waals surface area contributed by atoms with Crippen molar-refractivity contribution in [1.82, 2.24) is 51.5 Å². The van der Waals surface area contributed by atoms with Gasteiger partial charge in [-0.3, -0.25) is 52.7 Å². The molecule has 3 aromatic carbocycles. The third-order valence-corrected chi connectivity index (χ3v) is 14.0. The number of likely N-dealkylation sites (tertiary alicyclic amines) is 1. The number of likely N-dealkylation sites (N-methyl/N-ethyl adjacent to an activating group) is 3. The highest BCUT2D eigenvalue weighted by Gasteiger charge is 2.42. The minimum absolute atomic E-state index is 0.0192. The molecule has 0 unspecified atom stereocenters. The number of amides is 11. The fourth-order valence-electron chi connectivity index (χ4n) is 9.28. The second-order valence-corrected chi connectivity index (χ2v) is 20.2. The van der Waals surface area contributed by atoms with E-state index >= 15 is 4.79 Å². The smallest absolute Gasteiger partial charge is 0.246 e. The van der Waals surface area contributed by atoms with Crippen molar-refractivity contribution in [3.05, 3.63) is 102 Å². The summed E-state index contributed by atoms with van der Waals surface area (Å²) in [6, 6.07) is 14.8. The number of nitrogens with one attached hydrogen (secondary N) is 6. The zero-order valence-electron chi connectivity index (χ0n) is 47.3. The number of phenols is 1. The van der Waals surface area contributed by atoms with Gasteiger partial charge in [0.2, 0.25) is 65.0 Å². The van der Waals surface area contributed by atoms with Gasteiger partial charge in [0.1, 0.15) is 48.0 Å². The van der Waals surface area contributed by atoms with Gasteiger partial charge in [-0.1, -0.05) is 106 Å². The van der Waals surface area contributed by atoms with E-state index < -0.39 is 134 Å². The first kappa shape index (κ1) is 66.1. The van der Waals surface area contributed by atoms with Crippen LogP contribution in [0.5, 0.6) is 5.75 Å². The highest BCUT2D eigenvalue weighted by atomic mass is 16.3. The molecule has 1 fully saturated rings. The lowest BCUT2D eigenvalue weighted by Gasteiger charge is -2.35. The van der Waals surface area contributed by atoms with Crippen LogP contribution in [0.4, 0.5) is 0 Å². The van der Waals surface area contributed by atoms with Gasteiger partial charge in [-0.15, -0.1) is 0 Å². The van der Waals surface area contributed by atoms with Crippen LogP contribution in [-0.4, -0.2) is 198 Å². The lowest BCUT2D eigenvalue weighted by atomic mass is 10.00.